The van der Waals surface area contributed by atoms with E-state index in [2.05, 4.69) is 9.97 Å². The summed E-state index contributed by atoms with van der Waals surface area (Å²) in [6.07, 6.45) is 0.116. The number of carbonyl (C=O) groups excluding carboxylic acids is 1. The van der Waals surface area contributed by atoms with Crippen LogP contribution in [0.5, 0.6) is 0 Å². The lowest BCUT2D eigenvalue weighted by Gasteiger charge is -2.14. The zero-order valence-corrected chi connectivity index (χ0v) is 11.8. The van der Waals surface area contributed by atoms with Crippen molar-refractivity contribution in [3.05, 3.63) is 16.9 Å². The van der Waals surface area contributed by atoms with Crippen molar-refractivity contribution in [3.63, 3.8) is 0 Å². The molecule has 104 valence electrons. The van der Waals surface area contributed by atoms with Crippen molar-refractivity contribution in [1.82, 2.24) is 9.97 Å². The summed E-state index contributed by atoms with van der Waals surface area (Å²) in [5.41, 5.74) is 0.637. The van der Waals surface area contributed by atoms with Crippen LogP contribution in [0.25, 0.3) is 0 Å². The van der Waals surface area contributed by atoms with E-state index in [0.717, 1.165) is 0 Å². The Labute approximate surface area is 115 Å². The molecule has 0 aliphatic carbocycles. The molecule has 1 aromatic heterocycles. The Morgan fingerprint density at radius 1 is 1.53 bits per heavy atom. The van der Waals surface area contributed by atoms with Gasteiger partial charge in [-0.05, 0) is 13.0 Å². The molecule has 2 rings (SSSR count). The average molecular weight is 305 g/mol. The fourth-order valence-corrected chi connectivity index (χ4v) is 3.16. The highest BCUT2D eigenvalue weighted by Gasteiger charge is 2.34. The summed E-state index contributed by atoms with van der Waals surface area (Å²) >= 11 is 5.81. The number of anilines is 1. The summed E-state index contributed by atoms with van der Waals surface area (Å²) in [6, 6.07) is 1.58. The summed E-state index contributed by atoms with van der Waals surface area (Å²) in [4.78, 5) is 21.3. The van der Waals surface area contributed by atoms with E-state index >= 15 is 0 Å². The Morgan fingerprint density at radius 2 is 2.21 bits per heavy atom. The quantitative estimate of drug-likeness (QED) is 0.796. The molecule has 7 nitrogen and oxygen atoms in total. The van der Waals surface area contributed by atoms with Gasteiger partial charge in [0.2, 0.25) is 21.9 Å². The Hall–Kier alpha value is -1.25. The number of nitrogens with zero attached hydrogens (tertiary/aromatic N) is 3. The normalized spacial score (nSPS) is 20.1. The second-order valence-electron chi connectivity index (χ2n) is 4.54. The highest BCUT2D eigenvalue weighted by Crippen LogP contribution is 2.24. The predicted molar refractivity (Wildman–Crippen MR) is 70.2 cm³/mol. The first-order valence-electron chi connectivity index (χ1n) is 5.56. The van der Waals surface area contributed by atoms with Crippen LogP contribution in [0.15, 0.2) is 6.07 Å². The number of amides is 1. The minimum atomic E-state index is -3.60. The number of nitrogens with two attached hydrogens (primary N) is 1. The maximum atomic E-state index is 11.9. The maximum absolute atomic E-state index is 11.9. The average Bonchev–Trinajstić information content (AvgIpc) is 2.54. The topological polar surface area (TPSA) is 106 Å². The molecule has 1 aliphatic heterocycles. The highest BCUT2D eigenvalue weighted by molar-refractivity contribution is 7.89. The number of rotatable bonds is 3. The van der Waals surface area contributed by atoms with Gasteiger partial charge in [-0.2, -0.15) is 0 Å². The Bertz CT molecular complexity index is 599. The minimum absolute atomic E-state index is 0.116. The number of primary sulfonamides is 1. The van der Waals surface area contributed by atoms with E-state index in [1.54, 1.807) is 13.0 Å². The SMILES string of the molecule is Cc1cc(Cl)nc(N2CC(CS(N)(=O)=O)CC2=O)n1. The second-order valence-corrected chi connectivity index (χ2v) is 6.58. The molecule has 0 radical (unpaired) electrons. The van der Waals surface area contributed by atoms with Gasteiger partial charge in [0.15, 0.2) is 0 Å². The van der Waals surface area contributed by atoms with E-state index in [1.165, 1.54) is 4.90 Å². The van der Waals surface area contributed by atoms with Crippen molar-refractivity contribution < 1.29 is 13.2 Å². The van der Waals surface area contributed by atoms with Crippen molar-refractivity contribution in [1.29, 1.82) is 0 Å². The van der Waals surface area contributed by atoms with Crippen molar-refractivity contribution in [2.75, 3.05) is 17.2 Å². The molecule has 1 unspecified atom stereocenters. The molecule has 1 aromatic rings. The van der Waals surface area contributed by atoms with Gasteiger partial charge in [0.05, 0.1) is 5.75 Å². The van der Waals surface area contributed by atoms with Gasteiger partial charge in [-0.25, -0.2) is 23.5 Å². The van der Waals surface area contributed by atoms with E-state index in [0.29, 0.717) is 5.69 Å². The molecule has 1 atom stereocenters. The number of hydrogen-bond acceptors (Lipinski definition) is 5. The standard InChI is InChI=1S/C10H13ClN4O3S/c1-6-2-8(11)14-10(13-6)15-4-7(3-9(15)16)5-19(12,17)18/h2,7H,3-5H2,1H3,(H2,12,17,18). The summed E-state index contributed by atoms with van der Waals surface area (Å²) in [7, 11) is -3.60. The molecule has 0 saturated carbocycles. The van der Waals surface area contributed by atoms with Crippen LogP contribution < -0.4 is 10.0 Å². The van der Waals surface area contributed by atoms with Gasteiger partial charge in [-0.15, -0.1) is 0 Å². The molecular formula is C10H13ClN4O3S. The van der Waals surface area contributed by atoms with Gasteiger partial charge < -0.3 is 0 Å². The number of hydrogen-bond donors (Lipinski definition) is 1. The lowest BCUT2D eigenvalue weighted by Crippen LogP contribution is -2.29. The van der Waals surface area contributed by atoms with Gasteiger partial charge in [0.25, 0.3) is 0 Å². The molecule has 0 bridgehead atoms. The Morgan fingerprint density at radius 3 is 2.79 bits per heavy atom. The third-order valence-electron chi connectivity index (χ3n) is 2.73. The van der Waals surface area contributed by atoms with Gasteiger partial charge in [-0.3, -0.25) is 9.69 Å². The molecule has 1 aliphatic rings. The molecule has 19 heavy (non-hydrogen) atoms. The van der Waals surface area contributed by atoms with Crippen LogP contribution in [0, 0.1) is 12.8 Å². The fraction of sp³-hybridized carbons (Fsp3) is 0.500. The maximum Gasteiger partial charge on any atom is 0.233 e. The molecule has 1 amide bonds. The summed E-state index contributed by atoms with van der Waals surface area (Å²) in [6.45, 7) is 1.97. The number of aryl methyl sites for hydroxylation is 1. The van der Waals surface area contributed by atoms with E-state index in [4.69, 9.17) is 16.7 Å². The fourth-order valence-electron chi connectivity index (χ4n) is 2.05. The molecule has 0 aromatic carbocycles. The van der Waals surface area contributed by atoms with Crippen molar-refractivity contribution in [2.24, 2.45) is 11.1 Å². The van der Waals surface area contributed by atoms with Gasteiger partial charge in [-0.1, -0.05) is 11.6 Å². The zero-order valence-electron chi connectivity index (χ0n) is 10.2. The smallest absolute Gasteiger partial charge is 0.233 e. The van der Waals surface area contributed by atoms with Crippen LogP contribution in [0.1, 0.15) is 12.1 Å². The van der Waals surface area contributed by atoms with Crippen molar-refractivity contribution in [2.45, 2.75) is 13.3 Å². The van der Waals surface area contributed by atoms with E-state index in [-0.39, 0.29) is 41.6 Å². The highest BCUT2D eigenvalue weighted by atomic mass is 35.5. The molecule has 9 heteroatoms. The van der Waals surface area contributed by atoms with Crippen LogP contribution in [-0.4, -0.2) is 36.6 Å². The summed E-state index contributed by atoms with van der Waals surface area (Å²) < 4.78 is 22.1. The van der Waals surface area contributed by atoms with Crippen LogP contribution in [0.2, 0.25) is 5.15 Å². The first kappa shape index (κ1) is 14.2. The second kappa shape index (κ2) is 5.03. The monoisotopic (exact) mass is 304 g/mol. The van der Waals surface area contributed by atoms with Crippen molar-refractivity contribution >= 4 is 33.5 Å². The number of halogens is 1. The van der Waals surface area contributed by atoms with Gasteiger partial charge in [0.1, 0.15) is 5.15 Å². The number of aromatic nitrogens is 2. The molecule has 2 heterocycles. The van der Waals surface area contributed by atoms with Crippen LogP contribution in [-0.2, 0) is 14.8 Å². The van der Waals surface area contributed by atoms with E-state index < -0.39 is 10.0 Å². The number of sulfonamides is 1. The molecular weight excluding hydrogens is 292 g/mol. The lowest BCUT2D eigenvalue weighted by atomic mass is 10.1. The first-order chi connectivity index (χ1) is 8.74. The minimum Gasteiger partial charge on any atom is -0.280 e. The van der Waals surface area contributed by atoms with Crippen LogP contribution >= 0.6 is 11.6 Å². The van der Waals surface area contributed by atoms with E-state index in [9.17, 15) is 13.2 Å². The summed E-state index contributed by atoms with van der Waals surface area (Å²) in [5.74, 6) is -0.595. The Balaban J connectivity index is 2.20. The number of carbonyl (C=O) groups is 1. The third-order valence-corrected chi connectivity index (χ3v) is 3.86. The summed E-state index contributed by atoms with van der Waals surface area (Å²) in [5, 5.41) is 5.22. The third kappa shape index (κ3) is 3.62. The first-order valence-corrected chi connectivity index (χ1v) is 7.66. The zero-order chi connectivity index (χ0) is 14.2. The van der Waals surface area contributed by atoms with Gasteiger partial charge in [0, 0.05) is 24.6 Å². The van der Waals surface area contributed by atoms with E-state index in [1.807, 2.05) is 0 Å². The largest absolute Gasteiger partial charge is 0.280 e. The van der Waals surface area contributed by atoms with Crippen molar-refractivity contribution in [3.8, 4) is 0 Å². The molecule has 1 saturated heterocycles. The molecule has 1 fully saturated rings. The molecule has 2 N–H and O–H groups in total. The van der Waals surface area contributed by atoms with Gasteiger partial charge >= 0.3 is 0 Å². The Kier molecular flexibility index (Phi) is 3.75. The predicted octanol–water partition coefficient (Wildman–Crippen LogP) is 0.0798. The van der Waals surface area contributed by atoms with Crippen LogP contribution in [0.3, 0.4) is 0 Å². The van der Waals surface area contributed by atoms with Crippen LogP contribution in [0.4, 0.5) is 5.95 Å². The lowest BCUT2D eigenvalue weighted by molar-refractivity contribution is -0.117. The molecule has 0 spiro atoms.